The lowest BCUT2D eigenvalue weighted by Crippen LogP contribution is -2.37. The minimum atomic E-state index is -0.322. The van der Waals surface area contributed by atoms with Crippen molar-refractivity contribution in [3.05, 3.63) is 60.3 Å². The van der Waals surface area contributed by atoms with Gasteiger partial charge in [-0.3, -0.25) is 9.59 Å². The van der Waals surface area contributed by atoms with Gasteiger partial charge in [0.2, 0.25) is 5.91 Å². The van der Waals surface area contributed by atoms with Crippen molar-refractivity contribution < 1.29 is 19.1 Å². The van der Waals surface area contributed by atoms with Crippen LogP contribution in [0.25, 0.3) is 16.9 Å². The fourth-order valence-electron chi connectivity index (χ4n) is 3.06. The number of amides is 2. The zero-order valence-electron chi connectivity index (χ0n) is 18.3. The first-order valence-corrected chi connectivity index (χ1v) is 9.68. The van der Waals surface area contributed by atoms with Gasteiger partial charge in [-0.2, -0.15) is 5.10 Å². The number of rotatable bonds is 7. The van der Waals surface area contributed by atoms with E-state index in [4.69, 9.17) is 14.6 Å². The molecule has 0 atom stereocenters. The molecule has 0 spiro atoms. The van der Waals surface area contributed by atoms with E-state index in [0.29, 0.717) is 28.3 Å². The van der Waals surface area contributed by atoms with Crippen LogP contribution < -0.4 is 9.47 Å². The molecule has 0 fully saturated rings. The molecule has 2 amide bonds. The van der Waals surface area contributed by atoms with Crippen LogP contribution in [0.15, 0.2) is 54.7 Å². The molecular formula is C23H26N4O4. The maximum atomic E-state index is 13.3. The van der Waals surface area contributed by atoms with Crippen molar-refractivity contribution in [2.75, 3.05) is 41.9 Å². The molecule has 1 heterocycles. The van der Waals surface area contributed by atoms with Crippen LogP contribution in [0.3, 0.4) is 0 Å². The summed E-state index contributed by atoms with van der Waals surface area (Å²) in [6.07, 6.45) is 1.67. The zero-order valence-corrected chi connectivity index (χ0v) is 18.3. The van der Waals surface area contributed by atoms with Crippen LogP contribution in [-0.2, 0) is 4.79 Å². The second-order valence-electron chi connectivity index (χ2n) is 7.19. The summed E-state index contributed by atoms with van der Waals surface area (Å²) in [7, 11) is 8.03. The summed E-state index contributed by atoms with van der Waals surface area (Å²) in [6.45, 7) is -0.0446. The number of hydrogen-bond acceptors (Lipinski definition) is 5. The molecule has 0 saturated carbocycles. The third-order valence-electron chi connectivity index (χ3n) is 4.85. The molecule has 0 N–H and O–H groups in total. The van der Waals surface area contributed by atoms with E-state index in [-0.39, 0.29) is 18.4 Å². The van der Waals surface area contributed by atoms with Crippen molar-refractivity contribution in [2.24, 2.45) is 0 Å². The van der Waals surface area contributed by atoms with Crippen molar-refractivity contribution in [3.8, 4) is 28.4 Å². The van der Waals surface area contributed by atoms with E-state index in [2.05, 4.69) is 0 Å². The summed E-state index contributed by atoms with van der Waals surface area (Å²) >= 11 is 0. The summed E-state index contributed by atoms with van der Waals surface area (Å²) in [5, 5.41) is 4.69. The van der Waals surface area contributed by atoms with Crippen LogP contribution in [0, 0.1) is 0 Å². The molecule has 0 radical (unpaired) electrons. The number of benzene rings is 2. The Morgan fingerprint density at radius 1 is 1.00 bits per heavy atom. The Balaban J connectivity index is 2.13. The largest absolute Gasteiger partial charge is 0.497 e. The van der Waals surface area contributed by atoms with Crippen LogP contribution in [0.5, 0.6) is 11.5 Å². The van der Waals surface area contributed by atoms with Crippen LogP contribution in [0.1, 0.15) is 10.4 Å². The number of methoxy groups -OCH3 is 2. The second-order valence-corrected chi connectivity index (χ2v) is 7.19. The molecular weight excluding hydrogens is 396 g/mol. The molecule has 0 unspecified atom stereocenters. The second kappa shape index (κ2) is 9.34. The highest BCUT2D eigenvalue weighted by Gasteiger charge is 2.25. The Morgan fingerprint density at radius 3 is 2.32 bits per heavy atom. The summed E-state index contributed by atoms with van der Waals surface area (Å²) in [5.74, 6) is 0.670. The molecule has 1 aromatic heterocycles. The normalized spacial score (nSPS) is 10.5. The molecule has 2 aromatic carbocycles. The summed E-state index contributed by atoms with van der Waals surface area (Å²) < 4.78 is 12.5. The number of aromatic nitrogens is 2. The zero-order chi connectivity index (χ0) is 22.5. The maximum absolute atomic E-state index is 13.3. The fraction of sp³-hybridized carbons (Fsp3) is 0.261. The number of para-hydroxylation sites is 1. The monoisotopic (exact) mass is 422 g/mol. The van der Waals surface area contributed by atoms with Crippen LogP contribution in [0.4, 0.5) is 0 Å². The Hall–Kier alpha value is -3.81. The average molecular weight is 422 g/mol. The number of hydrogen-bond donors (Lipinski definition) is 0. The minimum Gasteiger partial charge on any atom is -0.497 e. The highest BCUT2D eigenvalue weighted by Crippen LogP contribution is 2.35. The number of carbonyl (C=O) groups excluding carboxylic acids is 2. The summed E-state index contributed by atoms with van der Waals surface area (Å²) in [5.41, 5.74) is 2.21. The van der Waals surface area contributed by atoms with Gasteiger partial charge >= 0.3 is 0 Å². The molecule has 0 aliphatic heterocycles. The lowest BCUT2D eigenvalue weighted by atomic mass is 10.1. The number of ether oxygens (including phenoxy) is 2. The number of likely N-dealkylation sites (N-methyl/N-ethyl adjacent to an activating group) is 2. The molecule has 31 heavy (non-hydrogen) atoms. The Labute approximate surface area is 181 Å². The highest BCUT2D eigenvalue weighted by molar-refractivity contribution is 6.01. The summed E-state index contributed by atoms with van der Waals surface area (Å²) in [4.78, 5) is 28.3. The molecule has 0 aliphatic rings. The van der Waals surface area contributed by atoms with E-state index in [9.17, 15) is 9.59 Å². The van der Waals surface area contributed by atoms with Gasteiger partial charge in [-0.25, -0.2) is 4.68 Å². The molecule has 3 rings (SSSR count). The average Bonchev–Trinajstić information content (AvgIpc) is 3.23. The van der Waals surface area contributed by atoms with Gasteiger partial charge in [-0.05, 0) is 30.3 Å². The van der Waals surface area contributed by atoms with Gasteiger partial charge in [-0.1, -0.05) is 18.2 Å². The SMILES string of the molecule is COc1ccc(OC)c(-c2nn(-c3ccccc3)cc2C(=O)N(C)CC(=O)N(C)C)c1. The fourth-order valence-corrected chi connectivity index (χ4v) is 3.06. The lowest BCUT2D eigenvalue weighted by molar-refractivity contribution is -0.129. The lowest BCUT2D eigenvalue weighted by Gasteiger charge is -2.19. The van der Waals surface area contributed by atoms with E-state index < -0.39 is 0 Å². The summed E-state index contributed by atoms with van der Waals surface area (Å²) in [6, 6.07) is 14.8. The Kier molecular flexibility index (Phi) is 6.59. The van der Waals surface area contributed by atoms with Crippen LogP contribution in [-0.4, -0.2) is 73.3 Å². The van der Waals surface area contributed by atoms with E-state index in [1.807, 2.05) is 30.3 Å². The van der Waals surface area contributed by atoms with Gasteiger partial charge in [0.15, 0.2) is 0 Å². The van der Waals surface area contributed by atoms with Crippen molar-refractivity contribution in [1.29, 1.82) is 0 Å². The molecule has 8 heteroatoms. The molecule has 0 saturated heterocycles. The number of nitrogens with zero attached hydrogens (tertiary/aromatic N) is 4. The van der Waals surface area contributed by atoms with Gasteiger partial charge in [0.05, 0.1) is 32.0 Å². The predicted molar refractivity (Wildman–Crippen MR) is 118 cm³/mol. The topological polar surface area (TPSA) is 76.9 Å². The van der Waals surface area contributed by atoms with Gasteiger partial charge in [0.25, 0.3) is 5.91 Å². The predicted octanol–water partition coefficient (Wildman–Crippen LogP) is 2.72. The van der Waals surface area contributed by atoms with Crippen molar-refractivity contribution in [2.45, 2.75) is 0 Å². The van der Waals surface area contributed by atoms with E-state index in [1.54, 1.807) is 64.4 Å². The standard InChI is InChI=1S/C23H26N4O4/c1-25(2)21(28)15-26(3)23(29)19-14-27(16-9-7-6-8-10-16)24-22(19)18-13-17(30-4)11-12-20(18)31-5/h6-14H,15H2,1-5H3. The molecule has 0 bridgehead atoms. The van der Waals surface area contributed by atoms with Gasteiger partial charge < -0.3 is 19.3 Å². The Morgan fingerprint density at radius 2 is 1.71 bits per heavy atom. The quantitative estimate of drug-likeness (QED) is 0.585. The van der Waals surface area contributed by atoms with Gasteiger partial charge in [0, 0.05) is 32.9 Å². The minimum absolute atomic E-state index is 0.0446. The third-order valence-corrected chi connectivity index (χ3v) is 4.85. The first kappa shape index (κ1) is 21.9. The molecule has 162 valence electrons. The first-order valence-electron chi connectivity index (χ1n) is 9.68. The van der Waals surface area contributed by atoms with Gasteiger partial charge in [-0.15, -0.1) is 0 Å². The highest BCUT2D eigenvalue weighted by atomic mass is 16.5. The van der Waals surface area contributed by atoms with Gasteiger partial charge in [0.1, 0.15) is 17.2 Å². The molecule has 3 aromatic rings. The molecule has 8 nitrogen and oxygen atoms in total. The van der Waals surface area contributed by atoms with E-state index in [1.165, 1.54) is 9.80 Å². The third kappa shape index (κ3) is 4.69. The van der Waals surface area contributed by atoms with Crippen LogP contribution in [0.2, 0.25) is 0 Å². The molecule has 0 aliphatic carbocycles. The van der Waals surface area contributed by atoms with Crippen LogP contribution >= 0.6 is 0 Å². The Bertz CT molecular complexity index is 1080. The maximum Gasteiger partial charge on any atom is 0.257 e. The number of carbonyl (C=O) groups is 2. The van der Waals surface area contributed by atoms with Crippen molar-refractivity contribution in [3.63, 3.8) is 0 Å². The smallest absolute Gasteiger partial charge is 0.257 e. The van der Waals surface area contributed by atoms with Crippen molar-refractivity contribution in [1.82, 2.24) is 19.6 Å². The first-order chi connectivity index (χ1) is 14.8. The van der Waals surface area contributed by atoms with Crippen molar-refractivity contribution >= 4 is 11.8 Å². The van der Waals surface area contributed by atoms with E-state index >= 15 is 0 Å². The van der Waals surface area contributed by atoms with E-state index in [0.717, 1.165) is 5.69 Å².